The van der Waals surface area contributed by atoms with E-state index in [0.29, 0.717) is 24.2 Å². The van der Waals surface area contributed by atoms with Crippen molar-refractivity contribution in [2.75, 3.05) is 6.54 Å². The molecular formula is C20H17N5O2. The van der Waals surface area contributed by atoms with Crippen molar-refractivity contribution in [2.24, 2.45) is 0 Å². The summed E-state index contributed by atoms with van der Waals surface area (Å²) in [6, 6.07) is 17.0. The number of nitrogens with one attached hydrogen (secondary N) is 2. The third kappa shape index (κ3) is 3.48. The van der Waals surface area contributed by atoms with E-state index in [-0.39, 0.29) is 11.6 Å². The van der Waals surface area contributed by atoms with E-state index in [9.17, 15) is 9.59 Å². The molecule has 0 saturated carbocycles. The van der Waals surface area contributed by atoms with Crippen LogP contribution >= 0.6 is 0 Å². The number of H-pyrrole nitrogens is 1. The molecule has 0 aliphatic heterocycles. The molecule has 3 aromatic heterocycles. The van der Waals surface area contributed by atoms with Gasteiger partial charge in [0, 0.05) is 31.1 Å². The second-order valence-electron chi connectivity index (χ2n) is 6.06. The number of carbonyl (C=O) groups excluding carboxylic acids is 1. The first-order valence-electron chi connectivity index (χ1n) is 8.57. The number of pyridine rings is 2. The van der Waals surface area contributed by atoms with Crippen LogP contribution < -0.4 is 11.0 Å². The molecule has 7 nitrogen and oxygen atoms in total. The number of rotatable bonds is 5. The van der Waals surface area contributed by atoms with Crippen molar-refractivity contribution in [1.82, 2.24) is 24.9 Å². The molecule has 27 heavy (non-hydrogen) atoms. The van der Waals surface area contributed by atoms with Crippen molar-refractivity contribution >= 4 is 11.6 Å². The first-order chi connectivity index (χ1) is 13.2. The predicted molar refractivity (Wildman–Crippen MR) is 102 cm³/mol. The standard InChI is InChI=1S/C20H17N5O2/c26-19(22-11-9-16-8-4-5-10-21-16)17-12-15(14-6-2-1-3-7-14)13-25-18(17)23-24-20(25)27/h1-8,10,12-13H,9,11H2,(H,22,26)(H,24,27). The SMILES string of the molecule is O=C(NCCc1ccccn1)c1cc(-c2ccccc2)cn2c(=O)[nH]nc12. The summed E-state index contributed by atoms with van der Waals surface area (Å²) >= 11 is 0. The maximum atomic E-state index is 12.7. The quantitative estimate of drug-likeness (QED) is 0.570. The summed E-state index contributed by atoms with van der Waals surface area (Å²) in [4.78, 5) is 29.0. The highest BCUT2D eigenvalue weighted by Gasteiger charge is 2.16. The van der Waals surface area contributed by atoms with Crippen molar-refractivity contribution in [3.05, 3.63) is 88.7 Å². The Bertz CT molecular complexity index is 1130. The minimum atomic E-state index is -0.384. The lowest BCUT2D eigenvalue weighted by Gasteiger charge is -2.09. The monoisotopic (exact) mass is 359 g/mol. The van der Waals surface area contributed by atoms with Gasteiger partial charge in [0.05, 0.1) is 5.56 Å². The Labute approximate surface area is 154 Å². The lowest BCUT2D eigenvalue weighted by molar-refractivity contribution is 0.0955. The summed E-state index contributed by atoms with van der Waals surface area (Å²) in [7, 11) is 0. The second-order valence-corrected chi connectivity index (χ2v) is 6.06. The average molecular weight is 359 g/mol. The van der Waals surface area contributed by atoms with Gasteiger partial charge in [-0.1, -0.05) is 36.4 Å². The Kier molecular flexibility index (Phi) is 4.49. The van der Waals surface area contributed by atoms with Gasteiger partial charge in [-0.2, -0.15) is 5.10 Å². The van der Waals surface area contributed by atoms with E-state index in [0.717, 1.165) is 16.8 Å². The maximum absolute atomic E-state index is 12.7. The van der Waals surface area contributed by atoms with Crippen molar-refractivity contribution in [3.8, 4) is 11.1 Å². The summed E-state index contributed by atoms with van der Waals surface area (Å²) in [5.41, 5.74) is 2.84. The third-order valence-corrected chi connectivity index (χ3v) is 4.26. The van der Waals surface area contributed by atoms with E-state index in [4.69, 9.17) is 0 Å². The van der Waals surface area contributed by atoms with Crippen LogP contribution in [0.3, 0.4) is 0 Å². The van der Waals surface area contributed by atoms with E-state index < -0.39 is 0 Å². The Morgan fingerprint density at radius 1 is 1.07 bits per heavy atom. The first kappa shape index (κ1) is 16.7. The van der Waals surface area contributed by atoms with Gasteiger partial charge in [0.15, 0.2) is 5.65 Å². The number of aromatic nitrogens is 4. The third-order valence-electron chi connectivity index (χ3n) is 4.26. The van der Waals surface area contributed by atoms with Crippen LogP contribution in [0.25, 0.3) is 16.8 Å². The molecular weight excluding hydrogens is 342 g/mol. The molecule has 4 rings (SSSR count). The molecule has 0 aliphatic rings. The van der Waals surface area contributed by atoms with Crippen LogP contribution in [0.5, 0.6) is 0 Å². The van der Waals surface area contributed by atoms with Crippen LogP contribution in [-0.2, 0) is 6.42 Å². The summed E-state index contributed by atoms with van der Waals surface area (Å²) in [6.07, 6.45) is 4.02. The number of hydrogen-bond donors (Lipinski definition) is 2. The maximum Gasteiger partial charge on any atom is 0.347 e. The van der Waals surface area contributed by atoms with Crippen molar-refractivity contribution in [2.45, 2.75) is 6.42 Å². The lowest BCUT2D eigenvalue weighted by Crippen LogP contribution is -2.27. The molecule has 0 fully saturated rings. The van der Waals surface area contributed by atoms with Gasteiger partial charge in [-0.05, 0) is 29.3 Å². The Balaban J connectivity index is 1.63. The fourth-order valence-corrected chi connectivity index (χ4v) is 2.91. The van der Waals surface area contributed by atoms with E-state index >= 15 is 0 Å². The fraction of sp³-hybridized carbons (Fsp3) is 0.100. The minimum Gasteiger partial charge on any atom is -0.352 e. The van der Waals surface area contributed by atoms with Crippen LogP contribution in [-0.4, -0.2) is 32.0 Å². The largest absolute Gasteiger partial charge is 0.352 e. The smallest absolute Gasteiger partial charge is 0.347 e. The fourth-order valence-electron chi connectivity index (χ4n) is 2.91. The van der Waals surface area contributed by atoms with Gasteiger partial charge in [0.2, 0.25) is 0 Å². The summed E-state index contributed by atoms with van der Waals surface area (Å²) in [5.74, 6) is -0.285. The molecule has 134 valence electrons. The highest BCUT2D eigenvalue weighted by atomic mass is 16.2. The molecule has 0 unspecified atom stereocenters. The van der Waals surface area contributed by atoms with Crippen LogP contribution in [0.2, 0.25) is 0 Å². The van der Waals surface area contributed by atoms with Gasteiger partial charge in [0.25, 0.3) is 5.91 Å². The molecule has 0 radical (unpaired) electrons. The summed E-state index contributed by atoms with van der Waals surface area (Å²) < 4.78 is 1.36. The molecule has 1 aromatic carbocycles. The number of hydrogen-bond acceptors (Lipinski definition) is 4. The lowest BCUT2D eigenvalue weighted by atomic mass is 10.1. The van der Waals surface area contributed by atoms with Crippen LogP contribution in [0, 0.1) is 0 Å². The molecule has 7 heteroatoms. The number of carbonyl (C=O) groups is 1. The molecule has 0 aliphatic carbocycles. The van der Waals surface area contributed by atoms with Crippen molar-refractivity contribution in [3.63, 3.8) is 0 Å². The zero-order valence-corrected chi connectivity index (χ0v) is 14.4. The number of fused-ring (bicyclic) bond motifs is 1. The van der Waals surface area contributed by atoms with Crippen LogP contribution in [0.15, 0.2) is 71.8 Å². The Morgan fingerprint density at radius 2 is 1.89 bits per heavy atom. The van der Waals surface area contributed by atoms with E-state index in [1.807, 2.05) is 48.5 Å². The van der Waals surface area contributed by atoms with Gasteiger partial charge in [-0.3, -0.25) is 9.78 Å². The predicted octanol–water partition coefficient (Wildman–Crippen LogP) is 2.06. The van der Waals surface area contributed by atoms with E-state index in [1.54, 1.807) is 18.5 Å². The van der Waals surface area contributed by atoms with Gasteiger partial charge in [0.1, 0.15) is 0 Å². The molecule has 3 heterocycles. The molecule has 0 bridgehead atoms. The first-order valence-corrected chi connectivity index (χ1v) is 8.57. The molecule has 1 amide bonds. The number of nitrogens with zero attached hydrogens (tertiary/aromatic N) is 3. The number of benzene rings is 1. The Morgan fingerprint density at radius 3 is 2.67 bits per heavy atom. The molecule has 0 saturated heterocycles. The van der Waals surface area contributed by atoms with E-state index in [1.165, 1.54) is 4.40 Å². The Hall–Kier alpha value is -3.74. The zero-order chi connectivity index (χ0) is 18.6. The number of amides is 1. The van der Waals surface area contributed by atoms with E-state index in [2.05, 4.69) is 20.5 Å². The van der Waals surface area contributed by atoms with Gasteiger partial charge in [-0.15, -0.1) is 0 Å². The zero-order valence-electron chi connectivity index (χ0n) is 14.4. The number of aromatic amines is 1. The topological polar surface area (TPSA) is 92.2 Å². The second kappa shape index (κ2) is 7.25. The summed E-state index contributed by atoms with van der Waals surface area (Å²) in [6.45, 7) is 0.437. The minimum absolute atomic E-state index is 0.285. The van der Waals surface area contributed by atoms with Gasteiger partial charge >= 0.3 is 5.69 Å². The normalized spacial score (nSPS) is 10.8. The average Bonchev–Trinajstić information content (AvgIpc) is 3.09. The highest BCUT2D eigenvalue weighted by molar-refractivity contribution is 6.00. The summed E-state index contributed by atoms with van der Waals surface area (Å²) in [5, 5.41) is 9.27. The van der Waals surface area contributed by atoms with Crippen molar-refractivity contribution in [1.29, 1.82) is 0 Å². The van der Waals surface area contributed by atoms with Gasteiger partial charge < -0.3 is 5.32 Å². The molecule has 2 N–H and O–H groups in total. The molecule has 4 aromatic rings. The van der Waals surface area contributed by atoms with Gasteiger partial charge in [-0.25, -0.2) is 14.3 Å². The van der Waals surface area contributed by atoms with Crippen LogP contribution in [0.4, 0.5) is 0 Å². The molecule has 0 spiro atoms. The highest BCUT2D eigenvalue weighted by Crippen LogP contribution is 2.21. The van der Waals surface area contributed by atoms with Crippen LogP contribution in [0.1, 0.15) is 16.1 Å². The molecule has 0 atom stereocenters. The van der Waals surface area contributed by atoms with Crippen molar-refractivity contribution < 1.29 is 4.79 Å².